The molecule has 0 radical (unpaired) electrons. The van der Waals surface area contributed by atoms with E-state index >= 15 is 0 Å². The molecule has 0 bridgehead atoms. The second kappa shape index (κ2) is 12.1. The zero-order chi connectivity index (χ0) is 25.4. The fourth-order valence-corrected chi connectivity index (χ4v) is 3.43. The number of benzene rings is 1. The number of nitrogens with one attached hydrogen (secondary N) is 4. The molecular formula is C23H33N5O6. The van der Waals surface area contributed by atoms with Crippen LogP contribution in [0.25, 0.3) is 10.9 Å². The maximum atomic E-state index is 13.0. The summed E-state index contributed by atoms with van der Waals surface area (Å²) in [6.45, 7) is 4.34. The molecule has 34 heavy (non-hydrogen) atoms. The first-order valence-electron chi connectivity index (χ1n) is 11.1. The normalized spacial score (nSPS) is 15.6. The molecule has 2 rings (SSSR count). The lowest BCUT2D eigenvalue weighted by Crippen LogP contribution is -2.57. The molecular weight excluding hydrogens is 442 g/mol. The number of aliphatic hydroxyl groups excluding tert-OH is 1. The maximum absolute atomic E-state index is 13.0. The molecule has 5 unspecified atom stereocenters. The van der Waals surface area contributed by atoms with Gasteiger partial charge in [-0.25, -0.2) is 4.79 Å². The predicted molar refractivity (Wildman–Crippen MR) is 126 cm³/mol. The van der Waals surface area contributed by atoms with E-state index in [0.717, 1.165) is 16.5 Å². The van der Waals surface area contributed by atoms with E-state index in [1.54, 1.807) is 13.1 Å². The minimum Gasteiger partial charge on any atom is -0.480 e. The number of carboxylic acid groups (broad SMARTS) is 1. The largest absolute Gasteiger partial charge is 0.480 e. The van der Waals surface area contributed by atoms with Crippen LogP contribution in [0.1, 0.15) is 32.8 Å². The van der Waals surface area contributed by atoms with E-state index in [4.69, 9.17) is 5.73 Å². The topological polar surface area (TPSA) is 187 Å². The van der Waals surface area contributed by atoms with Crippen molar-refractivity contribution < 1.29 is 29.4 Å². The van der Waals surface area contributed by atoms with Crippen LogP contribution in [0.3, 0.4) is 0 Å². The minimum absolute atomic E-state index is 0.0959. The van der Waals surface area contributed by atoms with Crippen LogP contribution in [0.5, 0.6) is 0 Å². The summed E-state index contributed by atoms with van der Waals surface area (Å²) in [6, 6.07) is 2.98. The summed E-state index contributed by atoms with van der Waals surface area (Å²) in [5.41, 5.74) is 7.20. The number of rotatable bonds is 12. The maximum Gasteiger partial charge on any atom is 0.326 e. The third-order valence-corrected chi connectivity index (χ3v) is 5.79. The van der Waals surface area contributed by atoms with Crippen LogP contribution in [0.2, 0.25) is 0 Å². The Morgan fingerprint density at radius 2 is 1.71 bits per heavy atom. The number of aromatic nitrogens is 1. The SMILES string of the molecule is CCC(C)C(NC(=O)C(C)NC(=O)C(Cc1c[nH]c2ccccc12)NC(=O)C(N)CO)C(=O)O. The highest BCUT2D eigenvalue weighted by Gasteiger charge is 2.30. The van der Waals surface area contributed by atoms with Crippen molar-refractivity contribution in [1.29, 1.82) is 0 Å². The van der Waals surface area contributed by atoms with Gasteiger partial charge < -0.3 is 36.9 Å². The van der Waals surface area contributed by atoms with Crippen molar-refractivity contribution in [3.8, 4) is 0 Å². The first-order valence-corrected chi connectivity index (χ1v) is 11.1. The quantitative estimate of drug-likeness (QED) is 0.218. The van der Waals surface area contributed by atoms with E-state index in [-0.39, 0.29) is 12.3 Å². The van der Waals surface area contributed by atoms with Crippen molar-refractivity contribution in [2.75, 3.05) is 6.61 Å². The Kier molecular flexibility index (Phi) is 9.58. The van der Waals surface area contributed by atoms with Crippen LogP contribution in [0.15, 0.2) is 30.5 Å². The fourth-order valence-electron chi connectivity index (χ4n) is 3.43. The molecule has 11 heteroatoms. The van der Waals surface area contributed by atoms with E-state index in [1.807, 2.05) is 31.2 Å². The number of para-hydroxylation sites is 1. The third-order valence-electron chi connectivity index (χ3n) is 5.79. The lowest BCUT2D eigenvalue weighted by Gasteiger charge is -2.25. The van der Waals surface area contributed by atoms with Gasteiger partial charge >= 0.3 is 5.97 Å². The predicted octanol–water partition coefficient (Wildman–Crippen LogP) is -0.365. The van der Waals surface area contributed by atoms with Gasteiger partial charge in [0.25, 0.3) is 0 Å². The Morgan fingerprint density at radius 1 is 1.03 bits per heavy atom. The Hall–Kier alpha value is -3.44. The Balaban J connectivity index is 2.17. The van der Waals surface area contributed by atoms with Gasteiger partial charge in [-0.3, -0.25) is 14.4 Å². The van der Waals surface area contributed by atoms with E-state index < -0.39 is 54.5 Å². The third kappa shape index (κ3) is 6.78. The highest BCUT2D eigenvalue weighted by molar-refractivity contribution is 5.94. The minimum atomic E-state index is -1.22. The molecule has 0 saturated heterocycles. The zero-order valence-electron chi connectivity index (χ0n) is 19.5. The number of aliphatic carboxylic acids is 1. The van der Waals surface area contributed by atoms with E-state index in [1.165, 1.54) is 6.92 Å². The van der Waals surface area contributed by atoms with Gasteiger partial charge in [0, 0.05) is 23.5 Å². The van der Waals surface area contributed by atoms with Crippen LogP contribution >= 0.6 is 0 Å². The number of carboxylic acids is 1. The smallest absolute Gasteiger partial charge is 0.326 e. The molecule has 3 amide bonds. The summed E-state index contributed by atoms with van der Waals surface area (Å²) in [5, 5.41) is 26.9. The van der Waals surface area contributed by atoms with Gasteiger partial charge in [0.2, 0.25) is 17.7 Å². The fraction of sp³-hybridized carbons (Fsp3) is 0.478. The molecule has 0 saturated carbocycles. The van der Waals surface area contributed by atoms with Gasteiger partial charge in [-0.2, -0.15) is 0 Å². The van der Waals surface area contributed by atoms with Crippen LogP contribution < -0.4 is 21.7 Å². The van der Waals surface area contributed by atoms with Crippen molar-refractivity contribution in [2.24, 2.45) is 11.7 Å². The van der Waals surface area contributed by atoms with Crippen molar-refractivity contribution in [3.05, 3.63) is 36.0 Å². The number of amides is 3. The number of fused-ring (bicyclic) bond motifs is 1. The Morgan fingerprint density at radius 3 is 2.32 bits per heavy atom. The van der Waals surface area contributed by atoms with Crippen molar-refractivity contribution in [2.45, 2.75) is 57.8 Å². The summed E-state index contributed by atoms with van der Waals surface area (Å²) < 4.78 is 0. The summed E-state index contributed by atoms with van der Waals surface area (Å²) in [6.07, 6.45) is 2.36. The van der Waals surface area contributed by atoms with E-state index in [0.29, 0.717) is 6.42 Å². The highest BCUT2D eigenvalue weighted by atomic mass is 16.4. The second-order valence-corrected chi connectivity index (χ2v) is 8.35. The number of aliphatic hydroxyl groups is 1. The number of nitrogens with two attached hydrogens (primary N) is 1. The van der Waals surface area contributed by atoms with Gasteiger partial charge in [0.1, 0.15) is 24.2 Å². The van der Waals surface area contributed by atoms with E-state index in [9.17, 15) is 29.4 Å². The summed E-state index contributed by atoms with van der Waals surface area (Å²) in [4.78, 5) is 52.5. The van der Waals surface area contributed by atoms with Crippen molar-refractivity contribution >= 4 is 34.6 Å². The first kappa shape index (κ1) is 26.8. The number of aromatic amines is 1. The number of hydrogen-bond acceptors (Lipinski definition) is 6. The molecule has 2 aromatic rings. The highest BCUT2D eigenvalue weighted by Crippen LogP contribution is 2.19. The molecule has 0 aliphatic carbocycles. The average Bonchev–Trinajstić information content (AvgIpc) is 3.23. The second-order valence-electron chi connectivity index (χ2n) is 8.35. The molecule has 0 aliphatic rings. The average molecular weight is 476 g/mol. The van der Waals surface area contributed by atoms with Gasteiger partial charge in [-0.1, -0.05) is 38.5 Å². The molecule has 1 aromatic carbocycles. The summed E-state index contributed by atoms with van der Waals surface area (Å²) in [7, 11) is 0. The lowest BCUT2D eigenvalue weighted by molar-refractivity contribution is -0.143. The summed E-state index contributed by atoms with van der Waals surface area (Å²) in [5.74, 6) is -3.50. The number of hydrogen-bond donors (Lipinski definition) is 7. The van der Waals surface area contributed by atoms with Gasteiger partial charge in [0.05, 0.1) is 6.61 Å². The molecule has 1 aromatic heterocycles. The Bertz CT molecular complexity index is 1020. The zero-order valence-corrected chi connectivity index (χ0v) is 19.5. The van der Waals surface area contributed by atoms with Crippen LogP contribution in [0, 0.1) is 5.92 Å². The molecule has 8 N–H and O–H groups in total. The molecule has 0 spiro atoms. The molecule has 11 nitrogen and oxygen atoms in total. The van der Waals surface area contributed by atoms with Crippen LogP contribution in [-0.2, 0) is 25.6 Å². The van der Waals surface area contributed by atoms with Gasteiger partial charge in [-0.15, -0.1) is 0 Å². The van der Waals surface area contributed by atoms with Crippen molar-refractivity contribution in [1.82, 2.24) is 20.9 Å². The van der Waals surface area contributed by atoms with E-state index in [2.05, 4.69) is 20.9 Å². The number of carbonyl (C=O) groups is 4. The molecule has 186 valence electrons. The molecule has 1 heterocycles. The van der Waals surface area contributed by atoms with Gasteiger partial charge in [-0.05, 0) is 24.5 Å². The first-order chi connectivity index (χ1) is 16.1. The Labute approximate surface area is 197 Å². The number of carbonyl (C=O) groups excluding carboxylic acids is 3. The van der Waals surface area contributed by atoms with Crippen molar-refractivity contribution in [3.63, 3.8) is 0 Å². The molecule has 0 fully saturated rings. The van der Waals surface area contributed by atoms with Gasteiger partial charge in [0.15, 0.2) is 0 Å². The molecule has 0 aliphatic heterocycles. The lowest BCUT2D eigenvalue weighted by atomic mass is 9.99. The summed E-state index contributed by atoms with van der Waals surface area (Å²) >= 11 is 0. The van der Waals surface area contributed by atoms with Crippen LogP contribution in [0.4, 0.5) is 0 Å². The van der Waals surface area contributed by atoms with Crippen LogP contribution in [-0.4, -0.2) is 69.7 Å². The monoisotopic (exact) mass is 475 g/mol. The molecule has 5 atom stereocenters. The number of H-pyrrole nitrogens is 1. The standard InChI is InChI=1S/C23H33N5O6/c1-4-12(2)19(23(33)34)28-20(30)13(3)26-22(32)18(27-21(31)16(24)11-29)9-14-10-25-17-8-6-5-7-15(14)17/h5-8,10,12-13,16,18-19,25,29H,4,9,11,24H2,1-3H3,(H,26,32)(H,27,31)(H,28,30)(H,33,34).